The zero-order valence-electron chi connectivity index (χ0n) is 13.9. The molecule has 2 N–H and O–H groups in total. The minimum absolute atomic E-state index is 0. The van der Waals surface area contributed by atoms with Gasteiger partial charge >= 0.3 is 0 Å². The molecule has 4 aliphatic rings. The Morgan fingerprint density at radius 3 is 2.50 bits per heavy atom. The van der Waals surface area contributed by atoms with Crippen molar-refractivity contribution in [1.29, 1.82) is 0 Å². The Bertz CT molecular complexity index is 536. The Hall–Kier alpha value is -0.650. The summed E-state index contributed by atoms with van der Waals surface area (Å²) in [5.74, 6) is 0.710. The first kappa shape index (κ1) is 18.2. The Balaban J connectivity index is 0.00000169. The van der Waals surface area contributed by atoms with Crippen molar-refractivity contribution in [3.05, 3.63) is 11.6 Å². The van der Waals surface area contributed by atoms with E-state index in [1.165, 1.54) is 26.2 Å². The number of nitrogens with two attached hydrogens (primary N) is 1. The third-order valence-corrected chi connectivity index (χ3v) is 5.98. The van der Waals surface area contributed by atoms with Crippen LogP contribution in [0.15, 0.2) is 16.6 Å². The lowest BCUT2D eigenvalue weighted by molar-refractivity contribution is 0.0173. The monoisotopic (exact) mass is 463 g/mol. The molecule has 1 atom stereocenters. The molecule has 0 aromatic carbocycles. The first-order valence-electron chi connectivity index (χ1n) is 8.45. The van der Waals surface area contributed by atoms with Crippen molar-refractivity contribution in [2.24, 2.45) is 10.7 Å². The quantitative estimate of drug-likeness (QED) is 0.393. The van der Waals surface area contributed by atoms with E-state index in [9.17, 15) is 0 Å². The van der Waals surface area contributed by atoms with Crippen molar-refractivity contribution in [3.63, 3.8) is 0 Å². The second-order valence-corrected chi connectivity index (χ2v) is 7.35. The Morgan fingerprint density at radius 2 is 1.92 bits per heavy atom. The fourth-order valence-corrected chi connectivity index (χ4v) is 4.39. The SMILES string of the molecule is I.NC(=NCC1CN2CCN1CC2)N1CCN(c2nccs2)CC1. The second kappa shape index (κ2) is 8.15. The number of hydrogen-bond donors (Lipinski definition) is 1. The summed E-state index contributed by atoms with van der Waals surface area (Å²) in [6.45, 7) is 10.6. The predicted molar refractivity (Wildman–Crippen MR) is 110 cm³/mol. The van der Waals surface area contributed by atoms with Gasteiger partial charge < -0.3 is 15.5 Å². The topological polar surface area (TPSA) is 64.2 Å². The normalized spacial score (nSPS) is 30.3. The van der Waals surface area contributed by atoms with Crippen molar-refractivity contribution in [3.8, 4) is 0 Å². The van der Waals surface area contributed by atoms with E-state index in [1.54, 1.807) is 11.3 Å². The number of aromatic nitrogens is 1. The maximum absolute atomic E-state index is 6.24. The van der Waals surface area contributed by atoms with Crippen LogP contribution in [0.25, 0.3) is 0 Å². The number of nitrogens with zero attached hydrogens (tertiary/aromatic N) is 6. The van der Waals surface area contributed by atoms with Gasteiger partial charge in [-0.25, -0.2) is 4.98 Å². The Morgan fingerprint density at radius 1 is 1.17 bits per heavy atom. The molecule has 7 nitrogen and oxygen atoms in total. The number of guanidine groups is 1. The molecule has 9 heteroatoms. The van der Waals surface area contributed by atoms with E-state index in [2.05, 4.69) is 24.6 Å². The Kier molecular flexibility index (Phi) is 6.17. The average Bonchev–Trinajstić information content (AvgIpc) is 3.15. The number of piperazine rings is 4. The van der Waals surface area contributed by atoms with Crippen LogP contribution in [-0.2, 0) is 0 Å². The van der Waals surface area contributed by atoms with E-state index in [0.717, 1.165) is 44.4 Å². The van der Waals surface area contributed by atoms with Gasteiger partial charge in [-0.3, -0.25) is 14.8 Å². The second-order valence-electron chi connectivity index (χ2n) is 6.48. The standard InChI is InChI=1S/C15H25N7S.HI/c16-14(18-11-13-12-19-2-4-20(13)5-3-19)21-6-8-22(9-7-21)15-17-1-10-23-15;/h1,10,13H,2-9,11-12H2,(H2,16,18);1H. The van der Waals surface area contributed by atoms with Gasteiger partial charge in [0.15, 0.2) is 11.1 Å². The first-order valence-corrected chi connectivity index (χ1v) is 9.33. The summed E-state index contributed by atoms with van der Waals surface area (Å²) in [5, 5.41) is 3.14. The molecular weight excluding hydrogens is 437 g/mol. The van der Waals surface area contributed by atoms with Crippen LogP contribution in [0.5, 0.6) is 0 Å². The van der Waals surface area contributed by atoms with Gasteiger partial charge in [0, 0.05) is 76.5 Å². The molecule has 4 saturated heterocycles. The van der Waals surface area contributed by atoms with Crippen LogP contribution in [0.3, 0.4) is 0 Å². The van der Waals surface area contributed by atoms with Crippen molar-refractivity contribution in [2.45, 2.75) is 6.04 Å². The number of fused-ring (bicyclic) bond motifs is 3. The molecule has 0 amide bonds. The van der Waals surface area contributed by atoms with Gasteiger partial charge in [0.25, 0.3) is 0 Å². The number of hydrogen-bond acceptors (Lipinski definition) is 6. The highest BCUT2D eigenvalue weighted by Gasteiger charge is 2.31. The average molecular weight is 463 g/mol. The molecule has 2 bridgehead atoms. The number of anilines is 1. The summed E-state index contributed by atoms with van der Waals surface area (Å²) in [6, 6.07) is 0.549. The van der Waals surface area contributed by atoms with Gasteiger partial charge in [-0.2, -0.15) is 0 Å². The molecule has 24 heavy (non-hydrogen) atoms. The van der Waals surface area contributed by atoms with Gasteiger partial charge in [-0.15, -0.1) is 35.3 Å². The van der Waals surface area contributed by atoms with Gasteiger partial charge in [0.1, 0.15) is 0 Å². The summed E-state index contributed by atoms with van der Waals surface area (Å²) in [4.78, 5) is 18.7. The predicted octanol–water partition coefficient (Wildman–Crippen LogP) is 0.198. The van der Waals surface area contributed by atoms with Crippen molar-refractivity contribution in [2.75, 3.05) is 70.3 Å². The van der Waals surface area contributed by atoms with Gasteiger partial charge in [0.2, 0.25) is 0 Å². The third-order valence-electron chi connectivity index (χ3n) is 5.15. The van der Waals surface area contributed by atoms with E-state index in [4.69, 9.17) is 10.7 Å². The van der Waals surface area contributed by atoms with Crippen LogP contribution >= 0.6 is 35.3 Å². The lowest BCUT2D eigenvalue weighted by Gasteiger charge is -2.47. The van der Waals surface area contributed by atoms with Crippen LogP contribution < -0.4 is 10.6 Å². The molecule has 1 aromatic rings. The fourth-order valence-electron chi connectivity index (χ4n) is 3.70. The number of thiazole rings is 1. The molecule has 1 aromatic heterocycles. The van der Waals surface area contributed by atoms with E-state index in [0.29, 0.717) is 12.0 Å². The minimum atomic E-state index is 0. The van der Waals surface area contributed by atoms with Crippen LogP contribution in [0.1, 0.15) is 0 Å². The largest absolute Gasteiger partial charge is 0.370 e. The maximum Gasteiger partial charge on any atom is 0.191 e. The van der Waals surface area contributed by atoms with Crippen LogP contribution in [0.2, 0.25) is 0 Å². The highest BCUT2D eigenvalue weighted by atomic mass is 127. The molecule has 0 saturated carbocycles. The van der Waals surface area contributed by atoms with Gasteiger partial charge in [-0.1, -0.05) is 0 Å². The smallest absolute Gasteiger partial charge is 0.191 e. The maximum atomic E-state index is 6.24. The lowest BCUT2D eigenvalue weighted by atomic mass is 10.1. The van der Waals surface area contributed by atoms with E-state index in [-0.39, 0.29) is 24.0 Å². The highest BCUT2D eigenvalue weighted by molar-refractivity contribution is 14.0. The number of rotatable bonds is 3. The molecule has 4 fully saturated rings. The van der Waals surface area contributed by atoms with Crippen LogP contribution in [0, 0.1) is 0 Å². The first-order chi connectivity index (χ1) is 11.3. The molecule has 4 aliphatic heterocycles. The van der Waals surface area contributed by atoms with Gasteiger partial charge in [0.05, 0.1) is 6.54 Å². The van der Waals surface area contributed by atoms with Crippen LogP contribution in [0.4, 0.5) is 5.13 Å². The van der Waals surface area contributed by atoms with Crippen molar-refractivity contribution in [1.82, 2.24) is 19.7 Å². The number of aliphatic imine (C=N–C) groups is 1. The molecule has 1 unspecified atom stereocenters. The molecule has 5 heterocycles. The zero-order valence-corrected chi connectivity index (χ0v) is 17.0. The molecular formula is C15H26IN7S. The fraction of sp³-hybridized carbons (Fsp3) is 0.733. The Labute approximate surface area is 164 Å². The van der Waals surface area contributed by atoms with Gasteiger partial charge in [-0.05, 0) is 0 Å². The minimum Gasteiger partial charge on any atom is -0.370 e. The molecule has 0 radical (unpaired) electrons. The molecule has 5 rings (SSSR count). The summed E-state index contributed by atoms with van der Waals surface area (Å²) in [5.41, 5.74) is 6.24. The van der Waals surface area contributed by atoms with E-state index >= 15 is 0 Å². The number of halogens is 1. The highest BCUT2D eigenvalue weighted by Crippen LogP contribution is 2.19. The lowest BCUT2D eigenvalue weighted by Crippen LogP contribution is -2.62. The third kappa shape index (κ3) is 3.94. The summed E-state index contributed by atoms with van der Waals surface area (Å²) in [6.07, 6.45) is 1.87. The van der Waals surface area contributed by atoms with Crippen molar-refractivity contribution < 1.29 is 0 Å². The summed E-state index contributed by atoms with van der Waals surface area (Å²) in [7, 11) is 0. The van der Waals surface area contributed by atoms with E-state index in [1.807, 2.05) is 11.6 Å². The van der Waals surface area contributed by atoms with E-state index < -0.39 is 0 Å². The van der Waals surface area contributed by atoms with Crippen molar-refractivity contribution >= 4 is 46.4 Å². The summed E-state index contributed by atoms with van der Waals surface area (Å²) >= 11 is 1.70. The molecule has 134 valence electrons. The zero-order chi connectivity index (χ0) is 15.6. The summed E-state index contributed by atoms with van der Waals surface area (Å²) < 4.78 is 0. The molecule has 0 aliphatic carbocycles. The van der Waals surface area contributed by atoms with Crippen LogP contribution in [-0.4, -0.2) is 97.1 Å². The molecule has 0 spiro atoms.